The van der Waals surface area contributed by atoms with Crippen molar-refractivity contribution in [1.82, 2.24) is 9.97 Å². The van der Waals surface area contributed by atoms with Crippen LogP contribution >= 0.6 is 38.5 Å². The number of hydrogen-bond donors (Lipinski definition) is 1. The van der Waals surface area contributed by atoms with Crippen molar-refractivity contribution in [2.45, 2.75) is 19.8 Å². The van der Waals surface area contributed by atoms with Gasteiger partial charge in [-0.1, -0.05) is 35.0 Å². The predicted molar refractivity (Wildman–Crippen MR) is 83.9 cm³/mol. The number of aromatic nitrogens is 2. The van der Waals surface area contributed by atoms with Gasteiger partial charge < -0.3 is 4.98 Å². The minimum absolute atomic E-state index is 0.0467. The summed E-state index contributed by atoms with van der Waals surface area (Å²) in [5.41, 5.74) is 1.95. The van der Waals surface area contributed by atoms with Gasteiger partial charge in [-0.3, -0.25) is 4.79 Å². The van der Waals surface area contributed by atoms with Gasteiger partial charge >= 0.3 is 0 Å². The van der Waals surface area contributed by atoms with E-state index in [2.05, 4.69) is 25.9 Å². The zero-order valence-electron chi connectivity index (χ0n) is 9.84. The molecule has 2 aromatic rings. The van der Waals surface area contributed by atoms with Crippen LogP contribution in [-0.4, -0.2) is 9.97 Å². The van der Waals surface area contributed by atoms with Crippen LogP contribution in [0.4, 0.5) is 0 Å². The molecule has 94 valence electrons. The number of halogens is 2. The molecule has 2 rings (SSSR count). The van der Waals surface area contributed by atoms with Crippen molar-refractivity contribution in [2.24, 2.45) is 0 Å². The lowest BCUT2D eigenvalue weighted by atomic mass is 10.1. The minimum Gasteiger partial charge on any atom is -0.309 e. The fourth-order valence-corrected chi connectivity index (χ4v) is 2.57. The van der Waals surface area contributed by atoms with Crippen LogP contribution in [0.15, 0.2) is 33.5 Å². The second kappa shape index (κ2) is 5.97. The predicted octanol–water partition coefficient (Wildman–Crippen LogP) is 3.29. The minimum atomic E-state index is -0.0467. The van der Waals surface area contributed by atoms with Crippen LogP contribution in [0.25, 0.3) is 0 Å². The summed E-state index contributed by atoms with van der Waals surface area (Å²) in [4.78, 5) is 19.1. The van der Waals surface area contributed by atoms with E-state index in [0.29, 0.717) is 9.99 Å². The van der Waals surface area contributed by atoms with Gasteiger partial charge in [0.15, 0.2) is 0 Å². The summed E-state index contributed by atoms with van der Waals surface area (Å²) in [6.07, 6.45) is 1.42. The molecule has 0 radical (unpaired) electrons. The molecule has 0 amide bonds. The second-order valence-electron chi connectivity index (χ2n) is 3.93. The molecule has 18 heavy (non-hydrogen) atoms. The maximum atomic E-state index is 11.8. The van der Waals surface area contributed by atoms with Gasteiger partial charge in [-0.2, -0.15) is 0 Å². The van der Waals surface area contributed by atoms with E-state index in [1.807, 2.05) is 53.8 Å². The van der Waals surface area contributed by atoms with E-state index in [9.17, 15) is 4.79 Å². The highest BCUT2D eigenvalue weighted by Crippen LogP contribution is 2.13. The lowest BCUT2D eigenvalue weighted by molar-refractivity contribution is 0.875. The zero-order valence-corrected chi connectivity index (χ0v) is 13.6. The Bertz CT molecular complexity index is 607. The van der Waals surface area contributed by atoms with Gasteiger partial charge in [-0.25, -0.2) is 4.98 Å². The van der Waals surface area contributed by atoms with Crippen molar-refractivity contribution >= 4 is 38.5 Å². The van der Waals surface area contributed by atoms with Crippen molar-refractivity contribution in [2.75, 3.05) is 0 Å². The molecular weight excluding hydrogens is 407 g/mol. The molecule has 0 bridgehead atoms. The lowest BCUT2D eigenvalue weighted by Crippen LogP contribution is -2.18. The van der Waals surface area contributed by atoms with Gasteiger partial charge in [0.2, 0.25) is 0 Å². The van der Waals surface area contributed by atoms with Crippen LogP contribution in [0.3, 0.4) is 0 Å². The highest BCUT2D eigenvalue weighted by molar-refractivity contribution is 14.1. The third-order valence-electron chi connectivity index (χ3n) is 2.60. The van der Waals surface area contributed by atoms with E-state index in [4.69, 9.17) is 0 Å². The van der Waals surface area contributed by atoms with Crippen LogP contribution < -0.4 is 5.56 Å². The third kappa shape index (κ3) is 3.20. The number of aryl methyl sites for hydroxylation is 1. The van der Waals surface area contributed by atoms with Crippen molar-refractivity contribution in [3.63, 3.8) is 0 Å². The first-order chi connectivity index (χ1) is 8.60. The summed E-state index contributed by atoms with van der Waals surface area (Å²) >= 11 is 5.44. The summed E-state index contributed by atoms with van der Waals surface area (Å²) < 4.78 is 1.74. The van der Waals surface area contributed by atoms with E-state index in [0.717, 1.165) is 28.0 Å². The standard InChI is InChI=1S/C13H12BrIN2O/c1-2-10-12(15)13(18)17-11(16-10)7-8-3-5-9(14)6-4-8/h3-6H,2,7H2,1H3,(H,16,17,18). The molecule has 1 aromatic heterocycles. The average Bonchev–Trinajstić information content (AvgIpc) is 2.36. The molecular formula is C13H12BrIN2O. The van der Waals surface area contributed by atoms with E-state index >= 15 is 0 Å². The van der Waals surface area contributed by atoms with E-state index < -0.39 is 0 Å². The molecule has 0 aliphatic rings. The molecule has 1 aromatic carbocycles. The van der Waals surface area contributed by atoms with Crippen LogP contribution in [0.1, 0.15) is 24.0 Å². The van der Waals surface area contributed by atoms with E-state index in [1.54, 1.807) is 0 Å². The van der Waals surface area contributed by atoms with E-state index in [1.165, 1.54) is 0 Å². The molecule has 3 nitrogen and oxygen atoms in total. The van der Waals surface area contributed by atoms with Gasteiger partial charge in [-0.15, -0.1) is 0 Å². The van der Waals surface area contributed by atoms with Crippen molar-refractivity contribution in [3.05, 3.63) is 59.7 Å². The van der Waals surface area contributed by atoms with E-state index in [-0.39, 0.29) is 5.56 Å². The molecule has 0 aliphatic carbocycles. The molecule has 0 saturated heterocycles. The first kappa shape index (κ1) is 13.7. The highest BCUT2D eigenvalue weighted by Gasteiger charge is 2.07. The molecule has 0 spiro atoms. The van der Waals surface area contributed by atoms with Crippen LogP contribution in [0.5, 0.6) is 0 Å². The van der Waals surface area contributed by atoms with Crippen LogP contribution in [-0.2, 0) is 12.8 Å². The Morgan fingerprint density at radius 1 is 1.33 bits per heavy atom. The molecule has 0 aliphatic heterocycles. The number of hydrogen-bond acceptors (Lipinski definition) is 2. The molecule has 0 saturated carbocycles. The topological polar surface area (TPSA) is 45.8 Å². The fraction of sp³-hybridized carbons (Fsp3) is 0.231. The largest absolute Gasteiger partial charge is 0.309 e. The Hall–Kier alpha value is -0.690. The first-order valence-corrected chi connectivity index (χ1v) is 7.49. The molecule has 0 atom stereocenters. The van der Waals surface area contributed by atoms with Crippen LogP contribution in [0.2, 0.25) is 0 Å². The zero-order chi connectivity index (χ0) is 13.1. The number of rotatable bonds is 3. The molecule has 1 heterocycles. The SMILES string of the molecule is CCc1nc(Cc2ccc(Br)cc2)[nH]c(=O)c1I. The fourth-order valence-electron chi connectivity index (χ4n) is 1.67. The van der Waals surface area contributed by atoms with Gasteiger partial charge in [0.1, 0.15) is 5.82 Å². The average molecular weight is 419 g/mol. The Kier molecular flexibility index (Phi) is 4.55. The van der Waals surface area contributed by atoms with Gasteiger partial charge in [0, 0.05) is 10.9 Å². The number of aromatic amines is 1. The first-order valence-electron chi connectivity index (χ1n) is 5.62. The summed E-state index contributed by atoms with van der Waals surface area (Å²) in [6, 6.07) is 8.02. The number of benzene rings is 1. The summed E-state index contributed by atoms with van der Waals surface area (Å²) in [6.45, 7) is 2.01. The summed E-state index contributed by atoms with van der Waals surface area (Å²) in [5, 5.41) is 0. The molecule has 5 heteroatoms. The Balaban J connectivity index is 2.32. The maximum absolute atomic E-state index is 11.8. The Morgan fingerprint density at radius 2 is 2.00 bits per heavy atom. The number of nitrogens with one attached hydrogen (secondary N) is 1. The van der Waals surface area contributed by atoms with Gasteiger partial charge in [-0.05, 0) is 46.7 Å². The van der Waals surface area contributed by atoms with Gasteiger partial charge in [0.05, 0.1) is 9.26 Å². The molecule has 1 N–H and O–H groups in total. The quantitative estimate of drug-likeness (QED) is 0.777. The Morgan fingerprint density at radius 3 is 2.61 bits per heavy atom. The number of nitrogens with zero attached hydrogens (tertiary/aromatic N) is 1. The smallest absolute Gasteiger partial charge is 0.264 e. The van der Waals surface area contributed by atoms with Crippen molar-refractivity contribution in [1.29, 1.82) is 0 Å². The third-order valence-corrected chi connectivity index (χ3v) is 4.24. The summed E-state index contributed by atoms with van der Waals surface area (Å²) in [5.74, 6) is 0.722. The van der Waals surface area contributed by atoms with Gasteiger partial charge in [0.25, 0.3) is 5.56 Å². The normalized spacial score (nSPS) is 10.6. The van der Waals surface area contributed by atoms with Crippen molar-refractivity contribution < 1.29 is 0 Å². The number of H-pyrrole nitrogens is 1. The summed E-state index contributed by atoms with van der Waals surface area (Å²) in [7, 11) is 0. The molecule has 0 unspecified atom stereocenters. The van der Waals surface area contributed by atoms with Crippen molar-refractivity contribution in [3.8, 4) is 0 Å². The lowest BCUT2D eigenvalue weighted by Gasteiger charge is -2.05. The highest BCUT2D eigenvalue weighted by atomic mass is 127. The second-order valence-corrected chi connectivity index (χ2v) is 5.92. The maximum Gasteiger partial charge on any atom is 0.264 e. The molecule has 0 fully saturated rings. The monoisotopic (exact) mass is 418 g/mol. The Labute approximate surface area is 127 Å². The van der Waals surface area contributed by atoms with Crippen LogP contribution in [0, 0.1) is 3.57 Å².